The molecule has 47 heavy (non-hydrogen) atoms. The van der Waals surface area contributed by atoms with E-state index in [2.05, 4.69) is 21.6 Å². The largest absolute Gasteiger partial charge is 0.341 e. The van der Waals surface area contributed by atoms with E-state index in [1.54, 1.807) is 0 Å². The summed E-state index contributed by atoms with van der Waals surface area (Å²) in [4.78, 5) is 1.36. The van der Waals surface area contributed by atoms with E-state index in [9.17, 15) is 34.0 Å². The number of fused-ring (bicyclic) bond motifs is 1. The summed E-state index contributed by atoms with van der Waals surface area (Å²) in [6.45, 7) is 2.53. The van der Waals surface area contributed by atoms with Gasteiger partial charge in [0.25, 0.3) is 10.0 Å². The Bertz CT molecular complexity index is 1820. The molecule has 1 aromatic heterocycles. The van der Waals surface area contributed by atoms with Gasteiger partial charge < -0.3 is 4.57 Å². The quantitative estimate of drug-likeness (QED) is 0.0859. The molecule has 2 aromatic carbocycles. The standard InChI is InChI=1S/C31H46F2N4O6S4/c1-3-4-5-6-7-8-9-10-11-12-13-14-15-16-23-34-46(40,41)25-17-19-26(20-18-25)47(42,43)36-35-31-37(2)28-24-27(21-22-29(28)44-31)45(38,39)30(32)33/h17-22,24,30,34,36H,3-16,23H2,1-2H3/b35-31-. The normalized spacial score (nSPS) is 13.2. The summed E-state index contributed by atoms with van der Waals surface area (Å²) in [6.07, 6.45) is 16.9. The fraction of sp³-hybridized carbons (Fsp3) is 0.581. The van der Waals surface area contributed by atoms with Gasteiger partial charge in [-0.2, -0.15) is 22.0 Å². The monoisotopic (exact) mass is 736 g/mol. The van der Waals surface area contributed by atoms with Crippen molar-refractivity contribution in [3.63, 3.8) is 0 Å². The molecule has 0 fully saturated rings. The van der Waals surface area contributed by atoms with Crippen molar-refractivity contribution >= 4 is 51.4 Å². The number of hydrogen-bond acceptors (Lipinski definition) is 8. The Kier molecular flexibility index (Phi) is 15.3. The molecular formula is C31H46F2N4O6S4. The van der Waals surface area contributed by atoms with Crippen molar-refractivity contribution in [2.75, 3.05) is 6.54 Å². The number of hydrogen-bond donors (Lipinski definition) is 2. The summed E-state index contributed by atoms with van der Waals surface area (Å²) in [7, 11) is -11.3. The molecule has 0 aliphatic rings. The van der Waals surface area contributed by atoms with Gasteiger partial charge >= 0.3 is 5.76 Å². The number of nitrogens with zero attached hydrogens (tertiary/aromatic N) is 2. The Hall–Kier alpha value is -2.40. The van der Waals surface area contributed by atoms with Gasteiger partial charge in [-0.3, -0.25) is 0 Å². The van der Waals surface area contributed by atoms with Crippen LogP contribution in [0.25, 0.3) is 10.2 Å². The van der Waals surface area contributed by atoms with Crippen LogP contribution in [-0.4, -0.2) is 42.1 Å². The van der Waals surface area contributed by atoms with Gasteiger partial charge in [-0.15, -0.1) is 5.10 Å². The van der Waals surface area contributed by atoms with Crippen molar-refractivity contribution in [1.82, 2.24) is 14.1 Å². The van der Waals surface area contributed by atoms with Crippen LogP contribution in [0, 0.1) is 0 Å². The first-order valence-corrected chi connectivity index (χ1v) is 21.4. The maximum absolute atomic E-state index is 13.0. The van der Waals surface area contributed by atoms with E-state index in [1.807, 2.05) is 0 Å². The summed E-state index contributed by atoms with van der Waals surface area (Å²) in [5.41, 5.74) is 0.269. The van der Waals surface area contributed by atoms with Gasteiger partial charge in [0.2, 0.25) is 24.7 Å². The molecule has 0 bridgehead atoms. The average Bonchev–Trinajstić information content (AvgIpc) is 3.36. The predicted octanol–water partition coefficient (Wildman–Crippen LogP) is 6.79. The molecule has 0 saturated heterocycles. The molecule has 0 amide bonds. The van der Waals surface area contributed by atoms with E-state index in [0.717, 1.165) is 54.9 Å². The van der Waals surface area contributed by atoms with Crippen molar-refractivity contribution in [1.29, 1.82) is 0 Å². The summed E-state index contributed by atoms with van der Waals surface area (Å²) in [5, 5.41) is 3.91. The van der Waals surface area contributed by atoms with Gasteiger partial charge in [0, 0.05) is 13.6 Å². The number of rotatable bonds is 22. The van der Waals surface area contributed by atoms with Crippen LogP contribution in [-0.2, 0) is 36.9 Å². The summed E-state index contributed by atoms with van der Waals surface area (Å²) < 4.78 is 105. The molecule has 3 rings (SSSR count). The van der Waals surface area contributed by atoms with Gasteiger partial charge in [0.05, 0.1) is 24.9 Å². The first-order chi connectivity index (χ1) is 22.3. The number of sulfonamides is 2. The van der Waals surface area contributed by atoms with Crippen molar-refractivity contribution < 1.29 is 34.0 Å². The highest BCUT2D eigenvalue weighted by molar-refractivity contribution is 7.91. The maximum Gasteiger partial charge on any atom is 0.341 e. The number of thiazole rings is 1. The zero-order chi connectivity index (χ0) is 34.5. The van der Waals surface area contributed by atoms with Gasteiger partial charge in [0.1, 0.15) is 0 Å². The Morgan fingerprint density at radius 3 is 1.68 bits per heavy atom. The van der Waals surface area contributed by atoms with Crippen molar-refractivity contribution in [3.05, 3.63) is 47.3 Å². The number of unbranched alkanes of at least 4 members (excludes halogenated alkanes) is 13. The minimum absolute atomic E-state index is 0.0655. The predicted molar refractivity (Wildman–Crippen MR) is 182 cm³/mol. The summed E-state index contributed by atoms with van der Waals surface area (Å²) >= 11 is 1.01. The SMILES string of the molecule is CCCCCCCCCCCCCCCCNS(=O)(=O)c1ccc(S(=O)(=O)N/N=c2\sc3ccc(S(=O)(=O)C(F)F)cc3n2C)cc1. The highest BCUT2D eigenvalue weighted by Crippen LogP contribution is 2.24. The molecule has 0 radical (unpaired) electrons. The second kappa shape index (κ2) is 18.4. The molecule has 0 spiro atoms. The van der Waals surface area contributed by atoms with E-state index in [-0.39, 0.29) is 20.1 Å². The van der Waals surface area contributed by atoms with Crippen LogP contribution in [0.4, 0.5) is 8.78 Å². The molecule has 10 nitrogen and oxygen atoms in total. The Balaban J connectivity index is 1.45. The minimum atomic E-state index is -4.81. The highest BCUT2D eigenvalue weighted by atomic mass is 32.2. The first kappa shape index (κ1) is 39.0. The molecule has 0 aliphatic heterocycles. The van der Waals surface area contributed by atoms with Gasteiger partial charge in [0.15, 0.2) is 0 Å². The number of sulfone groups is 1. The Morgan fingerprint density at radius 1 is 0.702 bits per heavy atom. The number of alkyl halides is 2. The number of benzene rings is 2. The van der Waals surface area contributed by atoms with Crippen LogP contribution < -0.4 is 14.4 Å². The zero-order valence-corrected chi connectivity index (χ0v) is 30.2. The third-order valence-electron chi connectivity index (χ3n) is 7.87. The van der Waals surface area contributed by atoms with Crippen LogP contribution in [0.5, 0.6) is 0 Å². The second-order valence-corrected chi connectivity index (χ2v) is 17.9. The van der Waals surface area contributed by atoms with Gasteiger partial charge in [-0.25, -0.2) is 21.6 Å². The molecule has 0 unspecified atom stereocenters. The van der Waals surface area contributed by atoms with Crippen molar-refractivity contribution in [2.45, 2.75) is 117 Å². The van der Waals surface area contributed by atoms with E-state index in [4.69, 9.17) is 0 Å². The van der Waals surface area contributed by atoms with E-state index in [0.29, 0.717) is 17.7 Å². The smallest absolute Gasteiger partial charge is 0.318 e. The molecule has 0 saturated carbocycles. The molecule has 0 atom stereocenters. The molecule has 0 aliphatic carbocycles. The van der Waals surface area contributed by atoms with Crippen molar-refractivity contribution in [2.24, 2.45) is 12.1 Å². The van der Waals surface area contributed by atoms with Crippen LogP contribution in [0.15, 0.2) is 62.3 Å². The lowest BCUT2D eigenvalue weighted by atomic mass is 10.0. The average molecular weight is 737 g/mol. The number of halogens is 2. The van der Waals surface area contributed by atoms with E-state index >= 15 is 0 Å². The fourth-order valence-electron chi connectivity index (χ4n) is 5.05. The lowest BCUT2D eigenvalue weighted by Gasteiger charge is -2.08. The number of aryl methyl sites for hydroxylation is 1. The molecule has 2 N–H and O–H groups in total. The summed E-state index contributed by atoms with van der Waals surface area (Å²) in [6, 6.07) is 8.19. The third-order valence-corrected chi connectivity index (χ3v) is 13.1. The van der Waals surface area contributed by atoms with E-state index in [1.165, 1.54) is 94.0 Å². The molecule has 3 aromatic rings. The lowest BCUT2D eigenvalue weighted by molar-refractivity contribution is 0.235. The molecule has 16 heteroatoms. The fourth-order valence-corrected chi connectivity index (χ4v) is 8.69. The van der Waals surface area contributed by atoms with Crippen molar-refractivity contribution in [3.8, 4) is 0 Å². The van der Waals surface area contributed by atoms with Crippen LogP contribution >= 0.6 is 11.3 Å². The number of aromatic nitrogens is 1. The summed E-state index contributed by atoms with van der Waals surface area (Å²) in [5.74, 6) is -3.58. The Labute approximate surface area is 281 Å². The first-order valence-electron chi connectivity index (χ1n) is 16.1. The van der Waals surface area contributed by atoms with Gasteiger partial charge in [-0.1, -0.05) is 102 Å². The number of nitrogens with one attached hydrogen (secondary N) is 2. The molecular weight excluding hydrogens is 691 g/mol. The zero-order valence-electron chi connectivity index (χ0n) is 27.0. The highest BCUT2D eigenvalue weighted by Gasteiger charge is 2.27. The third kappa shape index (κ3) is 11.6. The van der Waals surface area contributed by atoms with E-state index < -0.39 is 40.5 Å². The Morgan fingerprint density at radius 2 is 1.17 bits per heavy atom. The maximum atomic E-state index is 13.0. The van der Waals surface area contributed by atoms with Crippen LogP contribution in [0.3, 0.4) is 0 Å². The van der Waals surface area contributed by atoms with Crippen LogP contribution in [0.2, 0.25) is 0 Å². The second-order valence-electron chi connectivity index (χ2n) is 11.6. The minimum Gasteiger partial charge on any atom is -0.318 e. The molecule has 264 valence electrons. The topological polar surface area (TPSA) is 144 Å². The molecule has 1 heterocycles. The van der Waals surface area contributed by atoms with Crippen LogP contribution in [0.1, 0.15) is 96.8 Å². The lowest BCUT2D eigenvalue weighted by Crippen LogP contribution is -2.25. The van der Waals surface area contributed by atoms with Gasteiger partial charge in [-0.05, 0) is 48.9 Å².